The number of nitrogens with zero attached hydrogens (tertiary/aromatic N) is 1. The van der Waals surface area contributed by atoms with Gasteiger partial charge in [-0.25, -0.2) is 0 Å². The molecule has 0 radical (unpaired) electrons. The number of nitrogens with two attached hydrogens (primary N) is 1. The largest absolute Gasteiger partial charge is 0.492 e. The van der Waals surface area contributed by atoms with Crippen LogP contribution in [0.3, 0.4) is 0 Å². The number of H-pyrrole nitrogens is 1. The van der Waals surface area contributed by atoms with Crippen LogP contribution in [0.5, 0.6) is 11.5 Å². The predicted octanol–water partition coefficient (Wildman–Crippen LogP) is 2.33. The molecule has 0 saturated carbocycles. The van der Waals surface area contributed by atoms with Gasteiger partial charge in [0.2, 0.25) is 0 Å². The summed E-state index contributed by atoms with van der Waals surface area (Å²) >= 11 is 6.02. The molecule has 2 rings (SSSR count). The van der Waals surface area contributed by atoms with Gasteiger partial charge in [-0.15, -0.1) is 0 Å². The van der Waals surface area contributed by atoms with Crippen LogP contribution in [0.15, 0.2) is 18.3 Å². The SMILES string of the molecule is COc1c(Cl)ccc(-c2cn[nH]c2N)c1OC. The summed E-state index contributed by atoms with van der Waals surface area (Å²) in [5.74, 6) is 1.48. The second-order valence-electron chi connectivity index (χ2n) is 3.36. The smallest absolute Gasteiger partial charge is 0.180 e. The maximum Gasteiger partial charge on any atom is 0.180 e. The number of anilines is 1. The first kappa shape index (κ1) is 11.6. The van der Waals surface area contributed by atoms with Crippen LogP contribution in [0.25, 0.3) is 11.1 Å². The summed E-state index contributed by atoms with van der Waals surface area (Å²) in [5, 5.41) is 7.02. The average molecular weight is 254 g/mol. The Labute approximate surface area is 103 Å². The van der Waals surface area contributed by atoms with Crippen LogP contribution in [0.1, 0.15) is 0 Å². The van der Waals surface area contributed by atoms with E-state index in [0.29, 0.717) is 22.3 Å². The molecule has 0 aliphatic carbocycles. The summed E-state index contributed by atoms with van der Waals surface area (Å²) in [4.78, 5) is 0. The molecule has 90 valence electrons. The predicted molar refractivity (Wildman–Crippen MR) is 66.6 cm³/mol. The average Bonchev–Trinajstić information content (AvgIpc) is 2.74. The zero-order chi connectivity index (χ0) is 12.4. The summed E-state index contributed by atoms with van der Waals surface area (Å²) in [6, 6.07) is 3.54. The Morgan fingerprint density at radius 1 is 1.18 bits per heavy atom. The molecule has 0 amide bonds. The third kappa shape index (κ3) is 1.89. The van der Waals surface area contributed by atoms with Crippen LogP contribution >= 0.6 is 11.6 Å². The first-order valence-corrected chi connectivity index (χ1v) is 5.26. The minimum atomic E-state index is 0.465. The van der Waals surface area contributed by atoms with Crippen molar-refractivity contribution in [2.24, 2.45) is 0 Å². The Hall–Kier alpha value is -1.88. The molecule has 0 aliphatic heterocycles. The molecule has 0 aliphatic rings. The van der Waals surface area contributed by atoms with Crippen LogP contribution in [0, 0.1) is 0 Å². The highest BCUT2D eigenvalue weighted by atomic mass is 35.5. The minimum Gasteiger partial charge on any atom is -0.492 e. The van der Waals surface area contributed by atoms with Crippen molar-refractivity contribution < 1.29 is 9.47 Å². The van der Waals surface area contributed by atoms with Crippen molar-refractivity contribution in [1.29, 1.82) is 0 Å². The Morgan fingerprint density at radius 3 is 2.41 bits per heavy atom. The Bertz CT molecular complexity index is 540. The Balaban J connectivity index is 2.67. The standard InChI is InChI=1S/C11H12ClN3O2/c1-16-9-6(7-5-14-15-11(7)13)3-4-8(12)10(9)17-2/h3-5H,1-2H3,(H3,13,14,15). The van der Waals surface area contributed by atoms with Gasteiger partial charge in [0.1, 0.15) is 5.82 Å². The highest BCUT2D eigenvalue weighted by molar-refractivity contribution is 6.32. The summed E-state index contributed by atoms with van der Waals surface area (Å²) in [5.41, 5.74) is 7.30. The fourth-order valence-electron chi connectivity index (χ4n) is 1.65. The van der Waals surface area contributed by atoms with Crippen molar-refractivity contribution in [1.82, 2.24) is 10.2 Å². The number of ether oxygens (including phenoxy) is 2. The van der Waals surface area contributed by atoms with E-state index in [2.05, 4.69) is 10.2 Å². The molecule has 2 aromatic rings. The van der Waals surface area contributed by atoms with E-state index in [9.17, 15) is 0 Å². The number of hydrogen-bond donors (Lipinski definition) is 2. The Morgan fingerprint density at radius 2 is 1.88 bits per heavy atom. The molecule has 1 aromatic heterocycles. The van der Waals surface area contributed by atoms with E-state index in [4.69, 9.17) is 26.8 Å². The summed E-state index contributed by atoms with van der Waals surface area (Å²) < 4.78 is 10.5. The minimum absolute atomic E-state index is 0.465. The highest BCUT2D eigenvalue weighted by Crippen LogP contribution is 2.43. The summed E-state index contributed by atoms with van der Waals surface area (Å²) in [6.45, 7) is 0. The van der Waals surface area contributed by atoms with Gasteiger partial charge in [0.05, 0.1) is 25.4 Å². The van der Waals surface area contributed by atoms with Crippen molar-refractivity contribution in [3.63, 3.8) is 0 Å². The van der Waals surface area contributed by atoms with Gasteiger partial charge in [0, 0.05) is 11.1 Å². The highest BCUT2D eigenvalue weighted by Gasteiger charge is 2.17. The van der Waals surface area contributed by atoms with E-state index in [0.717, 1.165) is 11.1 Å². The van der Waals surface area contributed by atoms with Gasteiger partial charge >= 0.3 is 0 Å². The van der Waals surface area contributed by atoms with Gasteiger partial charge in [0.25, 0.3) is 0 Å². The molecule has 5 nitrogen and oxygen atoms in total. The van der Waals surface area contributed by atoms with E-state index in [1.54, 1.807) is 19.4 Å². The van der Waals surface area contributed by atoms with Crippen LogP contribution < -0.4 is 15.2 Å². The molecular formula is C11H12ClN3O2. The van der Waals surface area contributed by atoms with Gasteiger partial charge in [-0.3, -0.25) is 5.10 Å². The molecule has 1 heterocycles. The molecule has 0 saturated heterocycles. The van der Waals surface area contributed by atoms with Crippen LogP contribution in [-0.2, 0) is 0 Å². The number of nitrogen functional groups attached to an aromatic ring is 1. The second kappa shape index (κ2) is 4.55. The van der Waals surface area contributed by atoms with Gasteiger partial charge in [-0.1, -0.05) is 11.6 Å². The van der Waals surface area contributed by atoms with Gasteiger partial charge in [0.15, 0.2) is 11.5 Å². The first-order chi connectivity index (χ1) is 8.19. The zero-order valence-electron chi connectivity index (χ0n) is 9.45. The normalized spacial score (nSPS) is 10.3. The second-order valence-corrected chi connectivity index (χ2v) is 3.77. The number of hydrogen-bond acceptors (Lipinski definition) is 4. The topological polar surface area (TPSA) is 73.2 Å². The quantitative estimate of drug-likeness (QED) is 0.881. The molecule has 3 N–H and O–H groups in total. The molecule has 0 bridgehead atoms. The molecule has 6 heteroatoms. The van der Waals surface area contributed by atoms with Gasteiger partial charge in [-0.2, -0.15) is 5.10 Å². The lowest BCUT2D eigenvalue weighted by Gasteiger charge is -2.13. The monoisotopic (exact) mass is 253 g/mol. The number of nitrogens with one attached hydrogen (secondary N) is 1. The van der Waals surface area contributed by atoms with Crippen molar-refractivity contribution in [3.8, 4) is 22.6 Å². The molecular weight excluding hydrogens is 242 g/mol. The van der Waals surface area contributed by atoms with E-state index < -0.39 is 0 Å². The lowest BCUT2D eigenvalue weighted by atomic mass is 10.1. The third-order valence-electron chi connectivity index (χ3n) is 2.43. The van der Waals surface area contributed by atoms with E-state index >= 15 is 0 Å². The number of halogens is 1. The van der Waals surface area contributed by atoms with Crippen LogP contribution in [0.4, 0.5) is 5.82 Å². The van der Waals surface area contributed by atoms with Crippen LogP contribution in [-0.4, -0.2) is 24.4 Å². The van der Waals surface area contributed by atoms with Gasteiger partial charge < -0.3 is 15.2 Å². The fourth-order valence-corrected chi connectivity index (χ4v) is 1.88. The molecule has 0 fully saturated rings. The third-order valence-corrected chi connectivity index (χ3v) is 2.73. The van der Waals surface area contributed by atoms with E-state index in [1.807, 2.05) is 6.07 Å². The van der Waals surface area contributed by atoms with Gasteiger partial charge in [-0.05, 0) is 12.1 Å². The molecule has 0 spiro atoms. The van der Waals surface area contributed by atoms with Crippen LogP contribution in [0.2, 0.25) is 5.02 Å². The molecule has 0 atom stereocenters. The molecule has 1 aromatic carbocycles. The zero-order valence-corrected chi connectivity index (χ0v) is 10.2. The lowest BCUT2D eigenvalue weighted by Crippen LogP contribution is -1.95. The van der Waals surface area contributed by atoms with E-state index in [-0.39, 0.29) is 0 Å². The lowest BCUT2D eigenvalue weighted by molar-refractivity contribution is 0.356. The summed E-state index contributed by atoms with van der Waals surface area (Å²) in [7, 11) is 3.08. The molecule has 17 heavy (non-hydrogen) atoms. The summed E-state index contributed by atoms with van der Waals surface area (Å²) in [6.07, 6.45) is 1.63. The van der Waals surface area contributed by atoms with Crippen molar-refractivity contribution in [3.05, 3.63) is 23.4 Å². The number of aromatic amines is 1. The number of benzene rings is 1. The fraction of sp³-hybridized carbons (Fsp3) is 0.182. The van der Waals surface area contributed by atoms with E-state index in [1.165, 1.54) is 7.11 Å². The maximum absolute atomic E-state index is 6.02. The van der Waals surface area contributed by atoms with Crippen molar-refractivity contribution in [2.45, 2.75) is 0 Å². The maximum atomic E-state index is 6.02. The Kier molecular flexibility index (Phi) is 3.10. The molecule has 0 unspecified atom stereocenters. The number of rotatable bonds is 3. The number of aromatic nitrogens is 2. The van der Waals surface area contributed by atoms with Crippen molar-refractivity contribution in [2.75, 3.05) is 20.0 Å². The number of methoxy groups -OCH3 is 2. The van der Waals surface area contributed by atoms with Crippen molar-refractivity contribution >= 4 is 17.4 Å². The first-order valence-electron chi connectivity index (χ1n) is 4.88.